The molecule has 0 radical (unpaired) electrons. The molecular formula is C14H15Cl2N3. The van der Waals surface area contributed by atoms with Crippen LogP contribution in [0.3, 0.4) is 0 Å². The second kappa shape index (κ2) is 6.13. The van der Waals surface area contributed by atoms with E-state index in [9.17, 15) is 0 Å². The van der Waals surface area contributed by atoms with E-state index in [4.69, 9.17) is 23.2 Å². The second-order valence-corrected chi connectivity index (χ2v) is 5.01. The summed E-state index contributed by atoms with van der Waals surface area (Å²) in [6, 6.07) is 5.60. The van der Waals surface area contributed by atoms with Crippen molar-refractivity contribution < 1.29 is 0 Å². The van der Waals surface area contributed by atoms with Crippen molar-refractivity contribution >= 4 is 29.2 Å². The van der Waals surface area contributed by atoms with Gasteiger partial charge in [-0.15, -0.1) is 6.58 Å². The summed E-state index contributed by atoms with van der Waals surface area (Å²) in [6.45, 7) is 6.41. The topological polar surface area (TPSA) is 29.9 Å². The molecule has 19 heavy (non-hydrogen) atoms. The highest BCUT2D eigenvalue weighted by molar-refractivity contribution is 6.35. The van der Waals surface area contributed by atoms with Crippen molar-refractivity contribution in [1.82, 2.24) is 9.55 Å². The largest absolute Gasteiger partial charge is 0.352 e. The number of benzene rings is 1. The monoisotopic (exact) mass is 295 g/mol. The number of nitrogens with zero attached hydrogens (tertiary/aromatic N) is 2. The highest BCUT2D eigenvalue weighted by atomic mass is 35.5. The first-order chi connectivity index (χ1) is 9.13. The normalized spacial score (nSPS) is 12.2. The van der Waals surface area contributed by atoms with Crippen LogP contribution in [0.5, 0.6) is 0 Å². The predicted octanol–water partition coefficient (Wildman–Crippen LogP) is 4.40. The van der Waals surface area contributed by atoms with Crippen molar-refractivity contribution in [3.8, 4) is 0 Å². The summed E-state index contributed by atoms with van der Waals surface area (Å²) < 4.78 is 2.03. The van der Waals surface area contributed by atoms with Gasteiger partial charge in [0, 0.05) is 29.0 Å². The van der Waals surface area contributed by atoms with Gasteiger partial charge < -0.3 is 9.88 Å². The van der Waals surface area contributed by atoms with Gasteiger partial charge in [0.2, 0.25) is 5.95 Å². The van der Waals surface area contributed by atoms with Gasteiger partial charge in [0.05, 0.1) is 6.04 Å². The van der Waals surface area contributed by atoms with Gasteiger partial charge in [-0.2, -0.15) is 0 Å². The summed E-state index contributed by atoms with van der Waals surface area (Å²) in [6.07, 6.45) is 5.46. The van der Waals surface area contributed by atoms with Gasteiger partial charge >= 0.3 is 0 Å². The Balaban J connectivity index is 2.30. The smallest absolute Gasteiger partial charge is 0.203 e. The van der Waals surface area contributed by atoms with Crippen molar-refractivity contribution in [2.45, 2.75) is 13.0 Å². The molecule has 1 atom stereocenters. The molecule has 1 aromatic heterocycles. The first kappa shape index (κ1) is 14.0. The molecule has 1 aromatic carbocycles. The van der Waals surface area contributed by atoms with Crippen molar-refractivity contribution in [2.24, 2.45) is 0 Å². The molecule has 0 aliphatic heterocycles. The summed E-state index contributed by atoms with van der Waals surface area (Å²) in [5.41, 5.74) is 1.01. The molecule has 100 valence electrons. The molecule has 0 aliphatic carbocycles. The summed E-state index contributed by atoms with van der Waals surface area (Å²) in [4.78, 5) is 4.28. The Morgan fingerprint density at radius 1 is 1.47 bits per heavy atom. The fourth-order valence-electron chi connectivity index (χ4n) is 1.92. The third-order valence-electron chi connectivity index (χ3n) is 2.90. The molecule has 2 rings (SSSR count). The van der Waals surface area contributed by atoms with E-state index in [1.165, 1.54) is 0 Å². The predicted molar refractivity (Wildman–Crippen MR) is 81.2 cm³/mol. The molecule has 5 heteroatoms. The molecule has 0 spiro atoms. The molecule has 1 N–H and O–H groups in total. The van der Waals surface area contributed by atoms with Crippen LogP contribution in [0.4, 0.5) is 5.95 Å². The van der Waals surface area contributed by atoms with Gasteiger partial charge in [0.15, 0.2) is 0 Å². The Morgan fingerprint density at radius 3 is 2.95 bits per heavy atom. The molecule has 0 saturated carbocycles. The molecule has 0 aliphatic rings. The van der Waals surface area contributed by atoms with E-state index in [0.717, 1.165) is 11.5 Å². The molecule has 0 amide bonds. The van der Waals surface area contributed by atoms with E-state index < -0.39 is 0 Å². The average Bonchev–Trinajstić information content (AvgIpc) is 2.83. The van der Waals surface area contributed by atoms with Crippen molar-refractivity contribution in [3.63, 3.8) is 0 Å². The van der Waals surface area contributed by atoms with E-state index in [1.807, 2.05) is 22.9 Å². The molecular weight excluding hydrogens is 281 g/mol. The van der Waals surface area contributed by atoms with E-state index in [1.54, 1.807) is 18.3 Å². The zero-order chi connectivity index (χ0) is 13.8. The van der Waals surface area contributed by atoms with E-state index in [-0.39, 0.29) is 6.04 Å². The minimum Gasteiger partial charge on any atom is -0.352 e. The number of hydrogen-bond acceptors (Lipinski definition) is 2. The maximum atomic E-state index is 6.24. The van der Waals surface area contributed by atoms with Crippen LogP contribution in [0.2, 0.25) is 10.0 Å². The van der Waals surface area contributed by atoms with Gasteiger partial charge in [-0.1, -0.05) is 35.3 Å². The first-order valence-corrected chi connectivity index (χ1v) is 6.71. The summed E-state index contributed by atoms with van der Waals surface area (Å²) in [5, 5.41) is 4.48. The lowest BCUT2D eigenvalue weighted by Crippen LogP contribution is -2.12. The lowest BCUT2D eigenvalue weighted by Gasteiger charge is -2.18. The van der Waals surface area contributed by atoms with E-state index >= 15 is 0 Å². The lowest BCUT2D eigenvalue weighted by molar-refractivity contribution is 0.645. The number of imidazole rings is 1. The third-order valence-corrected chi connectivity index (χ3v) is 3.47. The van der Waals surface area contributed by atoms with Crippen molar-refractivity contribution in [2.75, 3.05) is 11.9 Å². The number of hydrogen-bond donors (Lipinski definition) is 1. The standard InChI is InChI=1S/C14H15Cl2N3/c1-3-6-17-14-18-7-8-19(14)10(2)12-5-4-11(15)9-13(12)16/h3-5,7-10H,1,6H2,2H3,(H,17,18). The van der Waals surface area contributed by atoms with Gasteiger partial charge in [0.1, 0.15) is 0 Å². The molecule has 0 bridgehead atoms. The second-order valence-electron chi connectivity index (χ2n) is 4.17. The molecule has 1 heterocycles. The van der Waals surface area contributed by atoms with Crippen molar-refractivity contribution in [1.29, 1.82) is 0 Å². The van der Waals surface area contributed by atoms with Crippen LogP contribution in [-0.4, -0.2) is 16.1 Å². The lowest BCUT2D eigenvalue weighted by atomic mass is 10.1. The minimum absolute atomic E-state index is 0.0691. The Kier molecular flexibility index (Phi) is 4.51. The van der Waals surface area contributed by atoms with Crippen LogP contribution in [0, 0.1) is 0 Å². The number of anilines is 1. The van der Waals surface area contributed by atoms with Crippen LogP contribution in [0.15, 0.2) is 43.2 Å². The number of aromatic nitrogens is 2. The summed E-state index contributed by atoms with van der Waals surface area (Å²) >= 11 is 12.2. The molecule has 0 fully saturated rings. The molecule has 2 aromatic rings. The summed E-state index contributed by atoms with van der Waals surface area (Å²) in [7, 11) is 0. The fraction of sp³-hybridized carbons (Fsp3) is 0.214. The highest BCUT2D eigenvalue weighted by Crippen LogP contribution is 2.29. The van der Waals surface area contributed by atoms with Crippen LogP contribution in [-0.2, 0) is 0 Å². The van der Waals surface area contributed by atoms with Crippen LogP contribution in [0.25, 0.3) is 0 Å². The quantitative estimate of drug-likeness (QED) is 0.829. The van der Waals surface area contributed by atoms with Crippen LogP contribution in [0.1, 0.15) is 18.5 Å². The van der Waals surface area contributed by atoms with Gasteiger partial charge in [-0.25, -0.2) is 4.98 Å². The molecule has 0 saturated heterocycles. The molecule has 3 nitrogen and oxygen atoms in total. The van der Waals surface area contributed by atoms with Gasteiger partial charge in [0.25, 0.3) is 0 Å². The highest BCUT2D eigenvalue weighted by Gasteiger charge is 2.14. The fourth-order valence-corrected chi connectivity index (χ4v) is 2.48. The minimum atomic E-state index is 0.0691. The number of halogens is 2. The summed E-state index contributed by atoms with van der Waals surface area (Å²) in [5.74, 6) is 0.790. The zero-order valence-corrected chi connectivity index (χ0v) is 12.1. The van der Waals surface area contributed by atoms with Crippen LogP contribution >= 0.6 is 23.2 Å². The Hall–Kier alpha value is -1.45. The Bertz CT molecular complexity index is 578. The van der Waals surface area contributed by atoms with E-state index in [2.05, 4.69) is 23.8 Å². The van der Waals surface area contributed by atoms with Crippen molar-refractivity contribution in [3.05, 3.63) is 58.9 Å². The van der Waals surface area contributed by atoms with Crippen LogP contribution < -0.4 is 5.32 Å². The Morgan fingerprint density at radius 2 is 2.26 bits per heavy atom. The maximum Gasteiger partial charge on any atom is 0.203 e. The SMILES string of the molecule is C=CCNc1nccn1C(C)c1ccc(Cl)cc1Cl. The molecule has 1 unspecified atom stereocenters. The van der Waals surface area contributed by atoms with E-state index in [0.29, 0.717) is 16.6 Å². The first-order valence-electron chi connectivity index (χ1n) is 5.96. The third kappa shape index (κ3) is 3.11. The van der Waals surface area contributed by atoms with Gasteiger partial charge in [-0.05, 0) is 24.6 Å². The van der Waals surface area contributed by atoms with Gasteiger partial charge in [-0.3, -0.25) is 0 Å². The number of nitrogens with one attached hydrogen (secondary N) is 1. The maximum absolute atomic E-state index is 6.24. The zero-order valence-electron chi connectivity index (χ0n) is 10.6. The Labute approximate surface area is 122 Å². The number of rotatable bonds is 5. The average molecular weight is 296 g/mol.